The number of carboxylic acids is 1. The summed E-state index contributed by atoms with van der Waals surface area (Å²) in [5.41, 5.74) is 10.3. The van der Waals surface area contributed by atoms with Crippen LogP contribution in [0.15, 0.2) is 6.20 Å². The van der Waals surface area contributed by atoms with Gasteiger partial charge in [0.25, 0.3) is 5.91 Å². The number of aromatic carboxylic acids is 1. The number of carbonyl (C=O) groups is 2. The molecule has 0 bridgehead atoms. The Morgan fingerprint density at radius 3 is 2.59 bits per heavy atom. The predicted molar refractivity (Wildman–Crippen MR) is 128 cm³/mol. The van der Waals surface area contributed by atoms with Crippen molar-refractivity contribution in [2.24, 2.45) is 0 Å². The monoisotopic (exact) mass is 482 g/mol. The molecule has 0 atom stereocenters. The molecule has 10 nitrogen and oxygen atoms in total. The molecule has 0 fully saturated rings. The van der Waals surface area contributed by atoms with Crippen LogP contribution >= 0.6 is 11.6 Å². The molecule has 1 aliphatic rings. The number of aryl methyl sites for hydroxylation is 2. The first kappa shape index (κ1) is 23.2. The molecule has 3 aromatic rings. The fourth-order valence-corrected chi connectivity index (χ4v) is 4.53. The number of fused-ring (bicyclic) bond motifs is 1. The van der Waals surface area contributed by atoms with E-state index in [1.54, 1.807) is 33.2 Å². The molecule has 3 aromatic heterocycles. The van der Waals surface area contributed by atoms with Crippen LogP contribution in [0.4, 0.5) is 11.8 Å². The van der Waals surface area contributed by atoms with Crippen LogP contribution in [0.1, 0.15) is 49.7 Å². The number of carboxylic acid groups (broad SMARTS) is 1. The van der Waals surface area contributed by atoms with Gasteiger partial charge in [-0.3, -0.25) is 14.7 Å². The van der Waals surface area contributed by atoms with Crippen molar-refractivity contribution in [3.05, 3.63) is 56.2 Å². The van der Waals surface area contributed by atoms with Crippen LogP contribution < -0.4 is 15.4 Å². The fraction of sp³-hybridized carbons (Fsp3) is 0.261. The summed E-state index contributed by atoms with van der Waals surface area (Å²) in [6.07, 6.45) is 3.25. The van der Waals surface area contributed by atoms with Crippen molar-refractivity contribution in [1.82, 2.24) is 19.9 Å². The Balaban J connectivity index is 1.86. The number of nitrogens with two attached hydrogens (primary N) is 1. The van der Waals surface area contributed by atoms with Gasteiger partial charge < -0.3 is 20.6 Å². The molecular formula is C23H23ClN6O4. The van der Waals surface area contributed by atoms with E-state index in [0.717, 1.165) is 11.1 Å². The smallest absolute Gasteiger partial charge is 0.337 e. The molecule has 0 aromatic carbocycles. The lowest BCUT2D eigenvalue weighted by Gasteiger charge is -2.19. The average molecular weight is 483 g/mol. The Labute approximate surface area is 200 Å². The van der Waals surface area contributed by atoms with Gasteiger partial charge in [-0.05, 0) is 39.3 Å². The molecule has 1 aliphatic heterocycles. The number of nitrogens with zero attached hydrogens (tertiary/aromatic N) is 4. The van der Waals surface area contributed by atoms with E-state index in [-0.39, 0.29) is 40.5 Å². The summed E-state index contributed by atoms with van der Waals surface area (Å²) in [7, 11) is 1.58. The molecule has 11 heteroatoms. The van der Waals surface area contributed by atoms with Crippen LogP contribution in [-0.4, -0.2) is 44.0 Å². The molecule has 0 spiro atoms. The Morgan fingerprint density at radius 2 is 1.97 bits per heavy atom. The summed E-state index contributed by atoms with van der Waals surface area (Å²) in [5.74, 6) is -0.574. The van der Waals surface area contributed by atoms with Crippen LogP contribution in [0, 0.1) is 27.7 Å². The molecule has 0 unspecified atom stereocenters. The lowest BCUT2D eigenvalue weighted by atomic mass is 10.1. The highest BCUT2D eigenvalue weighted by Crippen LogP contribution is 2.42. The molecule has 4 rings (SSSR count). The second-order valence-corrected chi connectivity index (χ2v) is 8.39. The van der Waals surface area contributed by atoms with Crippen molar-refractivity contribution >= 4 is 46.9 Å². The van der Waals surface area contributed by atoms with Crippen LogP contribution in [-0.2, 0) is 11.3 Å². The first-order chi connectivity index (χ1) is 16.0. The van der Waals surface area contributed by atoms with E-state index in [0.29, 0.717) is 34.0 Å². The summed E-state index contributed by atoms with van der Waals surface area (Å²) in [5, 5.41) is 9.53. The number of ether oxygens (including phenoxy) is 1. The second kappa shape index (κ2) is 8.45. The number of nitrogens with one attached hydrogen (secondary N) is 1. The number of amides is 1. The molecule has 4 N–H and O–H groups in total. The van der Waals surface area contributed by atoms with E-state index >= 15 is 0 Å². The van der Waals surface area contributed by atoms with Crippen molar-refractivity contribution in [3.63, 3.8) is 0 Å². The van der Waals surface area contributed by atoms with Crippen LogP contribution in [0.25, 0.3) is 11.6 Å². The SMILES string of the molecule is COc1c(C)cnc(CN2C(=O)/C(=C/c3[nH]c(C)c(C(=O)O)c3C)c3c(Cl)nc(N)nc32)c1C. The molecular weight excluding hydrogens is 460 g/mol. The van der Waals surface area contributed by atoms with Gasteiger partial charge in [0.2, 0.25) is 5.95 Å². The zero-order valence-corrected chi connectivity index (χ0v) is 20.0. The van der Waals surface area contributed by atoms with Crippen molar-refractivity contribution in [3.8, 4) is 5.75 Å². The minimum atomic E-state index is -1.06. The van der Waals surface area contributed by atoms with Crippen LogP contribution in [0.3, 0.4) is 0 Å². The number of H-pyrrole nitrogens is 1. The molecule has 0 saturated heterocycles. The lowest BCUT2D eigenvalue weighted by Crippen LogP contribution is -2.27. The van der Waals surface area contributed by atoms with Gasteiger partial charge in [-0.2, -0.15) is 4.98 Å². The Morgan fingerprint density at radius 1 is 1.26 bits per heavy atom. The molecule has 34 heavy (non-hydrogen) atoms. The number of carbonyl (C=O) groups excluding carboxylic acids is 1. The third-order valence-corrected chi connectivity index (χ3v) is 6.17. The quantitative estimate of drug-likeness (QED) is 0.370. The molecule has 0 radical (unpaired) electrons. The van der Waals surface area contributed by atoms with Crippen molar-refractivity contribution in [2.75, 3.05) is 17.7 Å². The second-order valence-electron chi connectivity index (χ2n) is 8.04. The normalized spacial score (nSPS) is 14.1. The fourth-order valence-electron chi connectivity index (χ4n) is 4.26. The first-order valence-corrected chi connectivity index (χ1v) is 10.7. The maximum Gasteiger partial charge on any atom is 0.337 e. The number of aromatic amines is 1. The number of nitrogen functional groups attached to an aromatic ring is 1. The summed E-state index contributed by atoms with van der Waals surface area (Å²) < 4.78 is 5.49. The summed E-state index contributed by atoms with van der Waals surface area (Å²) >= 11 is 6.41. The largest absolute Gasteiger partial charge is 0.496 e. The van der Waals surface area contributed by atoms with E-state index in [1.807, 2.05) is 13.8 Å². The van der Waals surface area contributed by atoms with Gasteiger partial charge in [-0.1, -0.05) is 11.6 Å². The Hall–Kier alpha value is -3.92. The molecule has 0 aliphatic carbocycles. The number of halogens is 1. The Bertz CT molecular complexity index is 1390. The number of methoxy groups -OCH3 is 1. The van der Waals surface area contributed by atoms with Crippen LogP contribution in [0.5, 0.6) is 5.75 Å². The molecule has 176 valence electrons. The average Bonchev–Trinajstić information content (AvgIpc) is 3.18. The van der Waals surface area contributed by atoms with Crippen molar-refractivity contribution in [1.29, 1.82) is 0 Å². The highest BCUT2D eigenvalue weighted by molar-refractivity contribution is 6.41. The molecule has 1 amide bonds. The highest BCUT2D eigenvalue weighted by Gasteiger charge is 2.38. The standard InChI is InChI=1S/C23H23ClN6O4/c1-9-7-26-15(11(3)18(9)34-5)8-30-20-17(19(24)28-23(25)29-20)13(21(30)31)6-14-10(2)16(22(32)33)12(4)27-14/h6-7,27H,8H2,1-5H3,(H,32,33)(H2,25,28,29)/b13-6+. The minimum Gasteiger partial charge on any atom is -0.496 e. The van der Waals surface area contributed by atoms with Gasteiger partial charge >= 0.3 is 5.97 Å². The molecule has 0 saturated carbocycles. The number of hydrogen-bond acceptors (Lipinski definition) is 7. The molecule has 4 heterocycles. The zero-order chi connectivity index (χ0) is 24.9. The van der Waals surface area contributed by atoms with Gasteiger partial charge in [-0.25, -0.2) is 9.78 Å². The van der Waals surface area contributed by atoms with E-state index in [9.17, 15) is 14.7 Å². The number of anilines is 2. The maximum atomic E-state index is 13.6. The summed E-state index contributed by atoms with van der Waals surface area (Å²) in [6, 6.07) is 0. The first-order valence-electron chi connectivity index (χ1n) is 10.3. The van der Waals surface area contributed by atoms with E-state index in [2.05, 4.69) is 19.9 Å². The zero-order valence-electron chi connectivity index (χ0n) is 19.3. The predicted octanol–water partition coefficient (Wildman–Crippen LogP) is 3.46. The number of rotatable bonds is 5. The van der Waals surface area contributed by atoms with Gasteiger partial charge in [0.1, 0.15) is 10.9 Å². The van der Waals surface area contributed by atoms with E-state index < -0.39 is 5.97 Å². The maximum absolute atomic E-state index is 13.6. The summed E-state index contributed by atoms with van der Waals surface area (Å²) in [6.45, 7) is 7.18. The summed E-state index contributed by atoms with van der Waals surface area (Å²) in [4.78, 5) is 42.5. The van der Waals surface area contributed by atoms with E-state index in [1.165, 1.54) is 4.90 Å². The third kappa shape index (κ3) is 3.65. The Kier molecular flexibility index (Phi) is 5.78. The highest BCUT2D eigenvalue weighted by atomic mass is 35.5. The number of pyridine rings is 1. The lowest BCUT2D eigenvalue weighted by molar-refractivity contribution is -0.113. The van der Waals surface area contributed by atoms with E-state index in [4.69, 9.17) is 22.1 Å². The third-order valence-electron chi connectivity index (χ3n) is 5.90. The van der Waals surface area contributed by atoms with Gasteiger partial charge in [0.15, 0.2) is 5.82 Å². The van der Waals surface area contributed by atoms with Gasteiger partial charge in [0, 0.05) is 28.7 Å². The van der Waals surface area contributed by atoms with Gasteiger partial charge in [-0.15, -0.1) is 0 Å². The van der Waals surface area contributed by atoms with Gasteiger partial charge in [0.05, 0.1) is 36.0 Å². The topological polar surface area (TPSA) is 147 Å². The minimum absolute atomic E-state index is 0.0233. The van der Waals surface area contributed by atoms with Crippen LogP contribution in [0.2, 0.25) is 5.15 Å². The van der Waals surface area contributed by atoms with Crippen molar-refractivity contribution in [2.45, 2.75) is 34.2 Å². The van der Waals surface area contributed by atoms with Crippen molar-refractivity contribution < 1.29 is 19.4 Å². The number of aromatic nitrogens is 4. The number of hydrogen-bond donors (Lipinski definition) is 3.